The van der Waals surface area contributed by atoms with Crippen molar-refractivity contribution in [2.45, 2.75) is 121 Å². The molecule has 224 valence electrons. The van der Waals surface area contributed by atoms with Crippen LogP contribution in [0.3, 0.4) is 0 Å². The molecule has 3 N–H and O–H groups in total. The normalized spacial score (nSPS) is 37.6. The van der Waals surface area contributed by atoms with Gasteiger partial charge in [0.25, 0.3) is 0 Å². The summed E-state index contributed by atoms with van der Waals surface area (Å²) in [6.07, 6.45) is 13.9. The zero-order valence-corrected chi connectivity index (χ0v) is 24.8. The Hall–Kier alpha value is -2.20. The molecule has 9 nitrogen and oxygen atoms in total. The molecule has 9 atom stereocenters. The fourth-order valence-corrected chi connectivity index (χ4v) is 6.05. The fourth-order valence-electron chi connectivity index (χ4n) is 6.05. The van der Waals surface area contributed by atoms with Gasteiger partial charge in [0.2, 0.25) is 5.91 Å². The van der Waals surface area contributed by atoms with Crippen molar-refractivity contribution in [3.63, 3.8) is 0 Å². The SMILES string of the molecule is CC(/C=C/[C@H]1O[C@H](C)C[C@@]2(CO2)[C@@H]1O)=C\C[C@@H]1O[C@H](C)[C@H](NC(=O)/C=C\[C@H](C)NC(=O)N2CCCCC2)C[C@@H]1C. The van der Waals surface area contributed by atoms with Crippen molar-refractivity contribution >= 4 is 11.9 Å². The standard InChI is InChI=1S/C31H49N3O6/c1-20(10-13-27-29(36)31(19-38-31)18-23(4)39-27)9-12-26-21(2)17-25(24(5)40-26)33-28(35)14-11-22(3)32-30(37)34-15-7-6-8-16-34/h9-11,13-14,21-27,29,36H,6-8,12,15-19H2,1-5H3,(H,32,37)(H,33,35)/b13-10+,14-11-,20-9+/t21-,22-,23+,24+,25+,26-,27+,29+,31+/m0/s1. The Morgan fingerprint density at radius 3 is 2.55 bits per heavy atom. The third-order valence-corrected chi connectivity index (χ3v) is 8.68. The zero-order valence-electron chi connectivity index (χ0n) is 24.8. The largest absolute Gasteiger partial charge is 0.387 e. The molecule has 9 heteroatoms. The lowest BCUT2D eigenvalue weighted by atomic mass is 9.87. The summed E-state index contributed by atoms with van der Waals surface area (Å²) in [5.74, 6) is 0.100. The number of amides is 3. The number of urea groups is 1. The van der Waals surface area contributed by atoms with Crippen LogP contribution in [0.25, 0.3) is 0 Å². The molecular weight excluding hydrogens is 510 g/mol. The van der Waals surface area contributed by atoms with Crippen LogP contribution in [0, 0.1) is 5.92 Å². The number of piperidine rings is 1. The van der Waals surface area contributed by atoms with Crippen LogP contribution < -0.4 is 10.6 Å². The van der Waals surface area contributed by atoms with Crippen LogP contribution in [0.1, 0.15) is 73.1 Å². The van der Waals surface area contributed by atoms with E-state index in [-0.39, 0.29) is 54.4 Å². The molecule has 0 radical (unpaired) electrons. The first kappa shape index (κ1) is 30.8. The molecule has 0 aromatic carbocycles. The lowest BCUT2D eigenvalue weighted by Gasteiger charge is -2.39. The maximum Gasteiger partial charge on any atom is 0.317 e. The van der Waals surface area contributed by atoms with Gasteiger partial charge >= 0.3 is 6.03 Å². The van der Waals surface area contributed by atoms with Crippen molar-refractivity contribution in [2.75, 3.05) is 19.7 Å². The van der Waals surface area contributed by atoms with Crippen molar-refractivity contribution in [3.8, 4) is 0 Å². The number of carbonyl (C=O) groups excluding carboxylic acids is 2. The van der Waals surface area contributed by atoms with Crippen LogP contribution in [0.5, 0.6) is 0 Å². The number of aliphatic hydroxyl groups is 1. The molecule has 4 heterocycles. The van der Waals surface area contributed by atoms with Gasteiger partial charge in [0, 0.05) is 31.6 Å². The average Bonchev–Trinajstić information content (AvgIpc) is 3.70. The monoisotopic (exact) mass is 559 g/mol. The van der Waals surface area contributed by atoms with Crippen molar-refractivity contribution < 1.29 is 28.9 Å². The number of aliphatic hydroxyl groups excluding tert-OH is 1. The summed E-state index contributed by atoms with van der Waals surface area (Å²) in [5.41, 5.74) is 0.666. The molecule has 0 bridgehead atoms. The van der Waals surface area contributed by atoms with Gasteiger partial charge in [0.15, 0.2) is 0 Å². The van der Waals surface area contributed by atoms with Crippen LogP contribution >= 0.6 is 0 Å². The highest BCUT2D eigenvalue weighted by Crippen LogP contribution is 2.42. The van der Waals surface area contributed by atoms with E-state index in [9.17, 15) is 14.7 Å². The van der Waals surface area contributed by atoms with Crippen molar-refractivity contribution in [3.05, 3.63) is 36.0 Å². The first-order chi connectivity index (χ1) is 19.1. The predicted molar refractivity (Wildman–Crippen MR) is 154 cm³/mol. The molecular formula is C31H49N3O6. The van der Waals surface area contributed by atoms with E-state index in [2.05, 4.69) is 23.6 Å². The number of allylic oxidation sites excluding steroid dienone is 2. The Morgan fingerprint density at radius 1 is 1.12 bits per heavy atom. The Morgan fingerprint density at radius 2 is 1.85 bits per heavy atom. The van der Waals surface area contributed by atoms with E-state index in [4.69, 9.17) is 14.2 Å². The second kappa shape index (κ2) is 13.6. The van der Waals surface area contributed by atoms with Gasteiger partial charge < -0.3 is 34.9 Å². The van der Waals surface area contributed by atoms with Gasteiger partial charge in [-0.25, -0.2) is 4.79 Å². The van der Waals surface area contributed by atoms with Gasteiger partial charge in [-0.2, -0.15) is 0 Å². The first-order valence-electron chi connectivity index (χ1n) is 15.1. The quantitative estimate of drug-likeness (QED) is 0.238. The number of rotatable bonds is 8. The fraction of sp³-hybridized carbons (Fsp3) is 0.742. The maximum absolute atomic E-state index is 12.6. The summed E-state index contributed by atoms with van der Waals surface area (Å²) in [5, 5.41) is 16.7. The van der Waals surface area contributed by atoms with Gasteiger partial charge in [-0.1, -0.05) is 36.8 Å². The van der Waals surface area contributed by atoms with Crippen LogP contribution in [0.15, 0.2) is 36.0 Å². The number of epoxide rings is 1. The third-order valence-electron chi connectivity index (χ3n) is 8.68. The predicted octanol–water partition coefficient (Wildman–Crippen LogP) is 3.62. The summed E-state index contributed by atoms with van der Waals surface area (Å²) >= 11 is 0. The highest BCUT2D eigenvalue weighted by Gasteiger charge is 2.57. The number of nitrogens with one attached hydrogen (secondary N) is 2. The Balaban J connectivity index is 1.20. The van der Waals surface area contributed by atoms with E-state index in [1.807, 2.05) is 44.7 Å². The number of likely N-dealkylation sites (tertiary alicyclic amines) is 1. The van der Waals surface area contributed by atoms with Crippen LogP contribution in [-0.2, 0) is 19.0 Å². The summed E-state index contributed by atoms with van der Waals surface area (Å²) < 4.78 is 17.8. The highest BCUT2D eigenvalue weighted by atomic mass is 16.6. The van der Waals surface area contributed by atoms with Crippen LogP contribution in [0.4, 0.5) is 4.79 Å². The molecule has 1 spiro atoms. The smallest absolute Gasteiger partial charge is 0.317 e. The van der Waals surface area contributed by atoms with Gasteiger partial charge in [0.1, 0.15) is 17.8 Å². The molecule has 4 fully saturated rings. The topological polar surface area (TPSA) is 113 Å². The van der Waals surface area contributed by atoms with E-state index in [0.717, 1.165) is 50.8 Å². The van der Waals surface area contributed by atoms with Crippen molar-refractivity contribution in [1.29, 1.82) is 0 Å². The lowest BCUT2D eigenvalue weighted by molar-refractivity contribution is -0.126. The molecule has 0 saturated carbocycles. The molecule has 4 rings (SSSR count). The van der Waals surface area contributed by atoms with E-state index in [0.29, 0.717) is 6.61 Å². The highest BCUT2D eigenvalue weighted by molar-refractivity contribution is 5.88. The summed E-state index contributed by atoms with van der Waals surface area (Å²) in [6.45, 7) is 12.3. The Labute approximate surface area is 239 Å². The van der Waals surface area contributed by atoms with Gasteiger partial charge in [0.05, 0.1) is 31.0 Å². The minimum absolute atomic E-state index is 0.0560. The minimum atomic E-state index is -0.640. The molecule has 0 aliphatic carbocycles. The Bertz CT molecular complexity index is 970. The summed E-state index contributed by atoms with van der Waals surface area (Å²) in [4.78, 5) is 26.8. The van der Waals surface area contributed by atoms with E-state index < -0.39 is 11.7 Å². The van der Waals surface area contributed by atoms with Gasteiger partial charge in [-0.05, 0) is 65.7 Å². The number of ether oxygens (including phenoxy) is 3. The second-order valence-corrected chi connectivity index (χ2v) is 12.3. The molecule has 40 heavy (non-hydrogen) atoms. The van der Waals surface area contributed by atoms with Crippen molar-refractivity contribution in [2.24, 2.45) is 5.92 Å². The number of hydrogen-bond donors (Lipinski definition) is 3. The van der Waals surface area contributed by atoms with Gasteiger partial charge in [-0.15, -0.1) is 0 Å². The molecule has 0 aromatic heterocycles. The maximum atomic E-state index is 12.6. The Kier molecular flexibility index (Phi) is 10.5. The van der Waals surface area contributed by atoms with Crippen molar-refractivity contribution in [1.82, 2.24) is 15.5 Å². The number of hydrogen-bond acceptors (Lipinski definition) is 6. The lowest BCUT2D eigenvalue weighted by Crippen LogP contribution is -2.50. The van der Waals surface area contributed by atoms with Crippen LogP contribution in [-0.4, -0.2) is 89.8 Å². The molecule has 3 amide bonds. The van der Waals surface area contributed by atoms with Crippen LogP contribution in [0.2, 0.25) is 0 Å². The summed E-state index contributed by atoms with van der Waals surface area (Å²) in [6, 6.07) is -0.371. The van der Waals surface area contributed by atoms with E-state index in [1.54, 1.807) is 6.08 Å². The molecule has 0 aromatic rings. The third kappa shape index (κ3) is 8.18. The van der Waals surface area contributed by atoms with E-state index in [1.165, 1.54) is 12.5 Å². The molecule has 4 saturated heterocycles. The number of nitrogens with zero attached hydrogens (tertiary/aromatic N) is 1. The first-order valence-corrected chi connectivity index (χ1v) is 15.1. The molecule has 0 unspecified atom stereocenters. The zero-order chi connectivity index (χ0) is 28.9. The summed E-state index contributed by atoms with van der Waals surface area (Å²) in [7, 11) is 0. The minimum Gasteiger partial charge on any atom is -0.387 e. The molecule has 4 aliphatic rings. The second-order valence-electron chi connectivity index (χ2n) is 12.3. The molecule has 4 aliphatic heterocycles. The van der Waals surface area contributed by atoms with E-state index >= 15 is 0 Å². The average molecular weight is 560 g/mol. The number of carbonyl (C=O) groups is 2. The van der Waals surface area contributed by atoms with Gasteiger partial charge in [-0.3, -0.25) is 4.79 Å².